The highest BCUT2D eigenvalue weighted by Gasteiger charge is 2.26. The van der Waals surface area contributed by atoms with Gasteiger partial charge in [0.25, 0.3) is 0 Å². The Hall–Kier alpha value is -1.44. The molecule has 0 spiro atoms. The van der Waals surface area contributed by atoms with Crippen LogP contribution in [0.2, 0.25) is 0 Å². The van der Waals surface area contributed by atoms with Gasteiger partial charge in [0.05, 0.1) is 24.8 Å². The smallest absolute Gasteiger partial charge is 0.128 e. The molecule has 0 unspecified atom stereocenters. The lowest BCUT2D eigenvalue weighted by Crippen LogP contribution is -2.43. The van der Waals surface area contributed by atoms with Crippen LogP contribution in [0.15, 0.2) is 18.2 Å². The van der Waals surface area contributed by atoms with Crippen molar-refractivity contribution in [1.82, 2.24) is 0 Å². The maximum absolute atomic E-state index is 13.6. The molecule has 0 aromatic heterocycles. The summed E-state index contributed by atoms with van der Waals surface area (Å²) in [6, 6.07) is 6.31. The number of nitriles is 1. The minimum absolute atomic E-state index is 0.167. The molecule has 0 amide bonds. The molecule has 20 heavy (non-hydrogen) atoms. The van der Waals surface area contributed by atoms with Crippen molar-refractivity contribution in [3.8, 4) is 6.07 Å². The average Bonchev–Trinajstić information content (AvgIpc) is 2.66. The van der Waals surface area contributed by atoms with Crippen molar-refractivity contribution in [3.63, 3.8) is 0 Å². The first-order valence-electron chi connectivity index (χ1n) is 7.18. The van der Waals surface area contributed by atoms with E-state index in [0.717, 1.165) is 25.7 Å². The molecule has 1 aliphatic carbocycles. The Morgan fingerprint density at radius 2 is 1.95 bits per heavy atom. The summed E-state index contributed by atoms with van der Waals surface area (Å²) in [7, 11) is 0. The van der Waals surface area contributed by atoms with Gasteiger partial charge in [-0.05, 0) is 31.0 Å². The molecule has 0 radical (unpaired) electrons. The number of benzene rings is 1. The van der Waals surface area contributed by atoms with Crippen molar-refractivity contribution in [3.05, 3.63) is 35.1 Å². The summed E-state index contributed by atoms with van der Waals surface area (Å²) in [6.07, 6.45) is 6.67. The third-order valence-corrected chi connectivity index (χ3v) is 3.92. The predicted octanol–water partition coefficient (Wildman–Crippen LogP) is 3.27. The van der Waals surface area contributed by atoms with E-state index in [1.807, 2.05) is 6.07 Å². The molecular formula is C16H21FN2O. The Bertz CT molecular complexity index is 488. The summed E-state index contributed by atoms with van der Waals surface area (Å²) < 4.78 is 19.2. The lowest BCUT2D eigenvalue weighted by atomic mass is 9.92. The van der Waals surface area contributed by atoms with Gasteiger partial charge >= 0.3 is 0 Å². The molecule has 0 heterocycles. The molecule has 0 saturated heterocycles. The quantitative estimate of drug-likeness (QED) is 0.859. The summed E-state index contributed by atoms with van der Waals surface area (Å²) in [4.78, 5) is 0. The van der Waals surface area contributed by atoms with Crippen LogP contribution in [0.25, 0.3) is 0 Å². The van der Waals surface area contributed by atoms with Gasteiger partial charge in [-0.15, -0.1) is 0 Å². The van der Waals surface area contributed by atoms with E-state index < -0.39 is 0 Å². The van der Waals surface area contributed by atoms with E-state index >= 15 is 0 Å². The second kappa shape index (κ2) is 6.83. The molecule has 1 aliphatic rings. The first kappa shape index (κ1) is 15.0. The van der Waals surface area contributed by atoms with E-state index in [2.05, 4.69) is 0 Å². The van der Waals surface area contributed by atoms with Gasteiger partial charge in [0.1, 0.15) is 5.82 Å². The van der Waals surface area contributed by atoms with E-state index in [-0.39, 0.29) is 18.0 Å². The monoisotopic (exact) mass is 276 g/mol. The van der Waals surface area contributed by atoms with Crippen molar-refractivity contribution in [2.24, 2.45) is 5.73 Å². The molecular weight excluding hydrogens is 255 g/mol. The molecule has 1 aromatic carbocycles. The molecule has 1 fully saturated rings. The number of hydrogen-bond acceptors (Lipinski definition) is 3. The van der Waals surface area contributed by atoms with E-state index in [9.17, 15) is 4.39 Å². The predicted molar refractivity (Wildman–Crippen MR) is 75.4 cm³/mol. The van der Waals surface area contributed by atoms with Crippen LogP contribution in [0.4, 0.5) is 4.39 Å². The maximum Gasteiger partial charge on any atom is 0.128 e. The Balaban J connectivity index is 1.90. The van der Waals surface area contributed by atoms with Crippen LogP contribution in [0.1, 0.15) is 49.7 Å². The van der Waals surface area contributed by atoms with Crippen molar-refractivity contribution in [1.29, 1.82) is 5.26 Å². The Morgan fingerprint density at radius 3 is 2.60 bits per heavy atom. The Labute approximate surface area is 119 Å². The van der Waals surface area contributed by atoms with Crippen LogP contribution in [0.5, 0.6) is 0 Å². The molecule has 4 heteroatoms. The third kappa shape index (κ3) is 4.03. The fourth-order valence-electron chi connectivity index (χ4n) is 2.70. The van der Waals surface area contributed by atoms with E-state index in [1.165, 1.54) is 31.0 Å². The van der Waals surface area contributed by atoms with Gasteiger partial charge in [0.15, 0.2) is 0 Å². The summed E-state index contributed by atoms with van der Waals surface area (Å²) in [5.74, 6) is -0.337. The third-order valence-electron chi connectivity index (χ3n) is 3.92. The number of rotatable bonds is 4. The molecule has 1 saturated carbocycles. The van der Waals surface area contributed by atoms with Gasteiger partial charge in [-0.2, -0.15) is 5.26 Å². The number of nitrogens with two attached hydrogens (primary N) is 1. The van der Waals surface area contributed by atoms with Crippen molar-refractivity contribution < 1.29 is 9.13 Å². The fourth-order valence-corrected chi connectivity index (χ4v) is 2.70. The van der Waals surface area contributed by atoms with Crippen LogP contribution in [-0.4, -0.2) is 12.1 Å². The molecule has 2 N–H and O–H groups in total. The molecule has 2 rings (SSSR count). The highest BCUT2D eigenvalue weighted by Crippen LogP contribution is 2.25. The molecule has 1 aromatic rings. The highest BCUT2D eigenvalue weighted by molar-refractivity contribution is 5.33. The highest BCUT2D eigenvalue weighted by atomic mass is 19.1. The van der Waals surface area contributed by atoms with Crippen molar-refractivity contribution in [2.75, 3.05) is 6.61 Å². The minimum Gasteiger partial charge on any atom is -0.375 e. The van der Waals surface area contributed by atoms with Crippen LogP contribution >= 0.6 is 0 Å². The zero-order valence-corrected chi connectivity index (χ0v) is 11.7. The molecule has 108 valence electrons. The van der Waals surface area contributed by atoms with Crippen molar-refractivity contribution in [2.45, 2.75) is 50.7 Å². The summed E-state index contributed by atoms with van der Waals surface area (Å²) in [6.45, 7) is 0.615. The molecule has 3 nitrogen and oxygen atoms in total. The second-order valence-electron chi connectivity index (χ2n) is 5.69. The van der Waals surface area contributed by atoms with Crippen LogP contribution < -0.4 is 5.73 Å². The Kier molecular flexibility index (Phi) is 5.11. The van der Waals surface area contributed by atoms with Gasteiger partial charge in [0, 0.05) is 11.1 Å². The van der Waals surface area contributed by atoms with Crippen molar-refractivity contribution >= 4 is 0 Å². The summed E-state index contributed by atoms with van der Waals surface area (Å²) in [5, 5.41) is 8.82. The second-order valence-corrected chi connectivity index (χ2v) is 5.69. The summed E-state index contributed by atoms with van der Waals surface area (Å²) in [5.41, 5.74) is 6.93. The molecule has 0 aliphatic heterocycles. The normalized spacial score (nSPS) is 18.2. The zero-order valence-electron chi connectivity index (χ0n) is 11.7. The van der Waals surface area contributed by atoms with E-state index in [0.29, 0.717) is 17.7 Å². The largest absolute Gasteiger partial charge is 0.375 e. The van der Waals surface area contributed by atoms with Crippen LogP contribution in [0, 0.1) is 17.1 Å². The van der Waals surface area contributed by atoms with E-state index in [4.69, 9.17) is 15.7 Å². The summed E-state index contributed by atoms with van der Waals surface area (Å²) >= 11 is 0. The van der Waals surface area contributed by atoms with Gasteiger partial charge in [-0.1, -0.05) is 25.7 Å². The maximum atomic E-state index is 13.6. The fraction of sp³-hybridized carbons (Fsp3) is 0.562. The Morgan fingerprint density at radius 1 is 1.25 bits per heavy atom. The molecule has 0 atom stereocenters. The number of hydrogen-bond donors (Lipinski definition) is 1. The first-order valence-corrected chi connectivity index (χ1v) is 7.18. The SMILES string of the molecule is N#Cc1ccc(F)c(COCC2(N)CCCCCC2)c1. The molecule has 0 bridgehead atoms. The lowest BCUT2D eigenvalue weighted by Gasteiger charge is -2.27. The van der Waals surface area contributed by atoms with Gasteiger partial charge in [0.2, 0.25) is 0 Å². The number of ether oxygens (including phenoxy) is 1. The van der Waals surface area contributed by atoms with Gasteiger partial charge in [-0.3, -0.25) is 0 Å². The topological polar surface area (TPSA) is 59.0 Å². The number of halogens is 1. The van der Waals surface area contributed by atoms with Gasteiger partial charge in [-0.25, -0.2) is 4.39 Å². The number of nitrogens with zero attached hydrogens (tertiary/aromatic N) is 1. The standard InChI is InChI=1S/C16H21FN2O/c17-15-6-5-13(10-18)9-14(15)11-20-12-16(19)7-3-1-2-4-8-16/h5-6,9H,1-4,7-8,11-12,19H2. The van der Waals surface area contributed by atoms with Crippen LogP contribution in [-0.2, 0) is 11.3 Å². The zero-order chi connectivity index (χ0) is 14.4. The lowest BCUT2D eigenvalue weighted by molar-refractivity contribution is 0.0651. The van der Waals surface area contributed by atoms with Crippen LogP contribution in [0.3, 0.4) is 0 Å². The van der Waals surface area contributed by atoms with Gasteiger partial charge < -0.3 is 10.5 Å². The first-order chi connectivity index (χ1) is 9.63. The van der Waals surface area contributed by atoms with E-state index in [1.54, 1.807) is 0 Å². The minimum atomic E-state index is -0.337. The average molecular weight is 276 g/mol.